The summed E-state index contributed by atoms with van der Waals surface area (Å²) in [4.78, 5) is 31.2. The number of hydrogen-bond acceptors (Lipinski definition) is 8. The van der Waals surface area contributed by atoms with Crippen LogP contribution in [0.4, 0.5) is 0 Å². The van der Waals surface area contributed by atoms with Gasteiger partial charge in [-0.25, -0.2) is 18.4 Å². The van der Waals surface area contributed by atoms with E-state index in [0.29, 0.717) is 11.6 Å². The molecule has 2 amide bonds. The molecule has 1 fully saturated rings. The fraction of sp³-hybridized carbons (Fsp3) is 0.531. The molecule has 1 aliphatic rings. The largest absolute Gasteiger partial charge is 0.390 e. The van der Waals surface area contributed by atoms with Crippen molar-refractivity contribution in [2.45, 2.75) is 83.4 Å². The van der Waals surface area contributed by atoms with Crippen LogP contribution in [-0.2, 0) is 26.0 Å². The molecule has 0 aliphatic heterocycles. The predicted octanol–water partition coefficient (Wildman–Crippen LogP) is 3.96. The number of carbonyl (C=O) groups is 2. The number of hydrazine groups is 1. The zero-order valence-electron chi connectivity index (χ0n) is 26.2. The van der Waals surface area contributed by atoms with Gasteiger partial charge in [-0.15, -0.1) is 11.3 Å². The summed E-state index contributed by atoms with van der Waals surface area (Å²) in [5.41, 5.74) is 5.60. The third-order valence-electron chi connectivity index (χ3n) is 7.29. The van der Waals surface area contributed by atoms with Gasteiger partial charge in [0.25, 0.3) is 5.91 Å². The van der Waals surface area contributed by atoms with Crippen LogP contribution in [0.25, 0.3) is 10.2 Å². The highest BCUT2D eigenvalue weighted by molar-refractivity contribution is 7.89. The molecule has 10 nitrogen and oxygen atoms in total. The number of thiazole rings is 1. The Bertz CT molecular complexity index is 1520. The number of rotatable bonds is 14. The lowest BCUT2D eigenvalue weighted by Crippen LogP contribution is -2.60. The molecule has 0 unspecified atom stereocenters. The smallest absolute Gasteiger partial charge is 0.252 e. The van der Waals surface area contributed by atoms with Gasteiger partial charge in [0.05, 0.1) is 39.3 Å². The number of nitrogens with one attached hydrogen (secondary N) is 2. The Morgan fingerprint density at radius 3 is 2.43 bits per heavy atom. The van der Waals surface area contributed by atoms with E-state index in [2.05, 4.69) is 15.7 Å². The Labute approximate surface area is 264 Å². The molecule has 3 aromatic rings. The average molecular weight is 644 g/mol. The van der Waals surface area contributed by atoms with Gasteiger partial charge >= 0.3 is 0 Å². The Morgan fingerprint density at radius 1 is 1.09 bits per heavy atom. The van der Waals surface area contributed by atoms with Gasteiger partial charge in [-0.1, -0.05) is 65.0 Å². The zero-order valence-corrected chi connectivity index (χ0v) is 27.8. The molecule has 4 rings (SSSR count). The van der Waals surface area contributed by atoms with Crippen LogP contribution in [0.15, 0.2) is 58.9 Å². The standard InChI is InChI=1S/C32H45N5O5S2/c1-22(2)19-36(44(41,42)25-13-14-26-29(16-25)43-21-34-26)20-28(38)27(15-23-9-7-6-8-10-23)37(31(40)17-32(3,4)5)35-30(39)18-33-24-11-12-24/h6-10,13-14,16,21-22,24,27-28,33,38H,11-12,15,17-20H2,1-5H3,(H,35,39)/t27-,28+/m0/s1. The minimum Gasteiger partial charge on any atom is -0.390 e. The van der Waals surface area contributed by atoms with E-state index >= 15 is 0 Å². The van der Waals surface area contributed by atoms with Gasteiger partial charge < -0.3 is 10.4 Å². The first-order chi connectivity index (χ1) is 20.7. The van der Waals surface area contributed by atoms with Crippen molar-refractivity contribution < 1.29 is 23.1 Å². The number of aromatic nitrogens is 1. The molecule has 0 bridgehead atoms. The summed E-state index contributed by atoms with van der Waals surface area (Å²) >= 11 is 1.36. The minimum atomic E-state index is -4.02. The molecule has 2 atom stereocenters. The molecule has 12 heteroatoms. The molecule has 1 heterocycles. The summed E-state index contributed by atoms with van der Waals surface area (Å²) in [6, 6.07) is 13.5. The number of benzene rings is 2. The summed E-state index contributed by atoms with van der Waals surface area (Å²) in [6.45, 7) is 9.53. The molecule has 0 spiro atoms. The number of fused-ring (bicyclic) bond motifs is 1. The van der Waals surface area contributed by atoms with Crippen molar-refractivity contribution in [3.05, 3.63) is 59.6 Å². The summed E-state index contributed by atoms with van der Waals surface area (Å²) in [5, 5.41) is 16.3. The van der Waals surface area contributed by atoms with Gasteiger partial charge in [-0.2, -0.15) is 4.31 Å². The second-order valence-electron chi connectivity index (χ2n) is 13.2. The number of aliphatic hydroxyl groups excluding tert-OH is 1. The van der Waals surface area contributed by atoms with Crippen LogP contribution < -0.4 is 10.7 Å². The van der Waals surface area contributed by atoms with E-state index in [1.165, 1.54) is 26.7 Å². The molecule has 240 valence electrons. The molecule has 1 aliphatic carbocycles. The summed E-state index contributed by atoms with van der Waals surface area (Å²) in [7, 11) is -4.02. The van der Waals surface area contributed by atoms with Crippen molar-refractivity contribution in [2.75, 3.05) is 19.6 Å². The Morgan fingerprint density at radius 2 is 1.80 bits per heavy atom. The fourth-order valence-corrected chi connectivity index (χ4v) is 7.41. The highest BCUT2D eigenvalue weighted by atomic mass is 32.2. The quantitative estimate of drug-likeness (QED) is 0.227. The van der Waals surface area contributed by atoms with Crippen molar-refractivity contribution >= 4 is 43.4 Å². The second-order valence-corrected chi connectivity index (χ2v) is 16.0. The van der Waals surface area contributed by atoms with E-state index in [9.17, 15) is 23.1 Å². The average Bonchev–Trinajstić information content (AvgIpc) is 3.66. The molecule has 0 saturated heterocycles. The third-order valence-corrected chi connectivity index (χ3v) is 9.91. The molecule has 44 heavy (non-hydrogen) atoms. The van der Waals surface area contributed by atoms with Crippen LogP contribution >= 0.6 is 11.3 Å². The first-order valence-corrected chi connectivity index (χ1v) is 17.5. The highest BCUT2D eigenvalue weighted by Gasteiger charge is 2.37. The molecule has 0 radical (unpaired) electrons. The normalized spacial score (nSPS) is 15.5. The number of aliphatic hydroxyl groups is 1. The van der Waals surface area contributed by atoms with Crippen molar-refractivity contribution in [1.82, 2.24) is 25.0 Å². The van der Waals surface area contributed by atoms with Gasteiger partial charge in [-0.05, 0) is 54.4 Å². The molecule has 1 aromatic heterocycles. The molecule has 3 N–H and O–H groups in total. The molecular formula is C32H45N5O5S2. The number of nitrogens with zero attached hydrogens (tertiary/aromatic N) is 3. The number of sulfonamides is 1. The number of amides is 2. The lowest BCUT2D eigenvalue weighted by molar-refractivity contribution is -0.149. The van der Waals surface area contributed by atoms with Crippen molar-refractivity contribution in [3.8, 4) is 0 Å². The van der Waals surface area contributed by atoms with Gasteiger partial charge in [0.15, 0.2) is 0 Å². The SMILES string of the molecule is CC(C)CN(C[C@@H](O)[C@H](Cc1ccccc1)N(NC(=O)CNC1CC1)C(=O)CC(C)(C)C)S(=O)(=O)c1ccc2ncsc2c1. The van der Waals surface area contributed by atoms with Crippen molar-refractivity contribution in [2.24, 2.45) is 11.3 Å². The van der Waals surface area contributed by atoms with Crippen LogP contribution in [0.3, 0.4) is 0 Å². The maximum absolute atomic E-state index is 14.0. The summed E-state index contributed by atoms with van der Waals surface area (Å²) < 4.78 is 30.1. The van der Waals surface area contributed by atoms with Gasteiger partial charge in [0.2, 0.25) is 15.9 Å². The van der Waals surface area contributed by atoms with E-state index < -0.39 is 33.5 Å². The number of carbonyl (C=O) groups excluding carboxylic acids is 2. The summed E-state index contributed by atoms with van der Waals surface area (Å²) in [5.74, 6) is -0.788. The van der Waals surface area contributed by atoms with Crippen LogP contribution in [0, 0.1) is 11.3 Å². The van der Waals surface area contributed by atoms with E-state index in [1.54, 1.807) is 17.6 Å². The van der Waals surface area contributed by atoms with E-state index in [0.717, 1.165) is 23.1 Å². The summed E-state index contributed by atoms with van der Waals surface area (Å²) in [6.07, 6.45) is 1.01. The molecular weight excluding hydrogens is 599 g/mol. The van der Waals surface area contributed by atoms with Crippen molar-refractivity contribution in [1.29, 1.82) is 0 Å². The van der Waals surface area contributed by atoms with Crippen LogP contribution in [0.5, 0.6) is 0 Å². The Balaban J connectivity index is 1.68. The first-order valence-electron chi connectivity index (χ1n) is 15.1. The minimum absolute atomic E-state index is 0.0338. The van der Waals surface area contributed by atoms with E-state index in [1.807, 2.05) is 65.0 Å². The van der Waals surface area contributed by atoms with Crippen LogP contribution in [-0.4, -0.2) is 77.5 Å². The second kappa shape index (κ2) is 14.5. The maximum atomic E-state index is 14.0. The lowest BCUT2D eigenvalue weighted by atomic mass is 9.91. The molecule has 1 saturated carbocycles. The van der Waals surface area contributed by atoms with Crippen LogP contribution in [0.2, 0.25) is 0 Å². The molecule has 2 aromatic carbocycles. The number of hydrogen-bond donors (Lipinski definition) is 3. The van der Waals surface area contributed by atoms with Gasteiger partial charge in [-0.3, -0.25) is 15.0 Å². The fourth-order valence-electron chi connectivity index (χ4n) is 4.98. The maximum Gasteiger partial charge on any atom is 0.252 e. The highest BCUT2D eigenvalue weighted by Crippen LogP contribution is 2.27. The van der Waals surface area contributed by atoms with Gasteiger partial charge in [0, 0.05) is 25.6 Å². The topological polar surface area (TPSA) is 132 Å². The monoisotopic (exact) mass is 643 g/mol. The lowest BCUT2D eigenvalue weighted by Gasteiger charge is -2.38. The van der Waals surface area contributed by atoms with Crippen molar-refractivity contribution in [3.63, 3.8) is 0 Å². The van der Waals surface area contributed by atoms with Gasteiger partial charge in [0.1, 0.15) is 0 Å². The van der Waals surface area contributed by atoms with E-state index in [4.69, 9.17) is 0 Å². The Hall–Kier alpha value is -2.90. The predicted molar refractivity (Wildman–Crippen MR) is 173 cm³/mol. The van der Waals surface area contributed by atoms with Crippen LogP contribution in [0.1, 0.15) is 59.4 Å². The first kappa shape index (κ1) is 34.0. The zero-order chi connectivity index (χ0) is 32.1. The van der Waals surface area contributed by atoms with E-state index in [-0.39, 0.29) is 49.2 Å². The Kier molecular flexibility index (Phi) is 11.2. The third kappa shape index (κ3) is 9.55.